The maximum absolute atomic E-state index is 12.7. The first-order valence-corrected chi connectivity index (χ1v) is 11.9. The molecule has 0 unspecified atom stereocenters. The number of nitrogens with one attached hydrogen (secondary N) is 2. The third-order valence-corrected chi connectivity index (χ3v) is 6.63. The van der Waals surface area contributed by atoms with Crippen LogP contribution in [0.5, 0.6) is 5.75 Å². The second kappa shape index (κ2) is 11.1. The Morgan fingerprint density at radius 3 is 2.51 bits per heavy atom. The zero-order chi connectivity index (χ0) is 24.8. The van der Waals surface area contributed by atoms with Crippen molar-refractivity contribution in [3.8, 4) is 5.75 Å². The zero-order valence-electron chi connectivity index (χ0n) is 19.3. The van der Waals surface area contributed by atoms with Gasteiger partial charge in [0.15, 0.2) is 0 Å². The molecule has 9 nitrogen and oxygen atoms in total. The number of likely N-dealkylation sites (tertiary alicyclic amines) is 1. The van der Waals surface area contributed by atoms with Crippen LogP contribution in [-0.2, 0) is 6.54 Å². The first kappa shape index (κ1) is 25.0. The summed E-state index contributed by atoms with van der Waals surface area (Å²) in [5.41, 5.74) is -0.00171. The fourth-order valence-electron chi connectivity index (χ4n) is 4.83. The minimum absolute atomic E-state index is 0.0516. The quantitative estimate of drug-likeness (QED) is 0.372. The Balaban J connectivity index is 1.36. The Labute approximate surface area is 201 Å². The van der Waals surface area contributed by atoms with Crippen molar-refractivity contribution in [2.24, 2.45) is 5.92 Å². The average molecular weight is 495 g/mol. The fraction of sp³-hybridized carbons (Fsp3) is 0.565. The number of aromatic nitrogens is 2. The Kier molecular flexibility index (Phi) is 7.89. The molecule has 1 saturated carbocycles. The molecule has 0 atom stereocenters. The molecule has 35 heavy (non-hydrogen) atoms. The third-order valence-electron chi connectivity index (χ3n) is 6.63. The lowest BCUT2D eigenvalue weighted by atomic mass is 9.85. The molecule has 2 aromatic rings. The first-order valence-electron chi connectivity index (χ1n) is 11.9. The molecular weight excluding hydrogens is 465 g/mol. The summed E-state index contributed by atoms with van der Waals surface area (Å²) in [7, 11) is 0. The highest BCUT2D eigenvalue weighted by Crippen LogP contribution is 2.31. The van der Waals surface area contributed by atoms with Crippen LogP contribution in [0.4, 0.5) is 30.6 Å². The lowest BCUT2D eigenvalue weighted by molar-refractivity contribution is -0.384. The lowest BCUT2D eigenvalue weighted by Crippen LogP contribution is -2.37. The van der Waals surface area contributed by atoms with E-state index in [0.29, 0.717) is 18.5 Å². The van der Waals surface area contributed by atoms with E-state index >= 15 is 0 Å². The molecule has 12 heteroatoms. The standard InChI is InChI=1S/C23H29F3N6O3/c24-23(25,26)35-20-6-2-1-5-17(20)14-28-22-29-15-19(32(33)34)21(30-22)27-13-16-7-9-18(10-8-16)31-11-3-4-12-31/h1-2,5-6,15-16,18H,3-4,7-14H2,(H2,27,28,29,30)/t16-,18-. The van der Waals surface area contributed by atoms with Crippen LogP contribution < -0.4 is 15.4 Å². The minimum Gasteiger partial charge on any atom is -0.405 e. The van der Waals surface area contributed by atoms with E-state index < -0.39 is 11.3 Å². The van der Waals surface area contributed by atoms with Gasteiger partial charge in [0.05, 0.1) is 4.92 Å². The van der Waals surface area contributed by atoms with Crippen LogP contribution in [-0.4, -0.2) is 51.8 Å². The monoisotopic (exact) mass is 494 g/mol. The smallest absolute Gasteiger partial charge is 0.405 e. The van der Waals surface area contributed by atoms with E-state index in [2.05, 4.69) is 30.2 Å². The van der Waals surface area contributed by atoms with E-state index in [9.17, 15) is 23.3 Å². The normalized spacial score (nSPS) is 21.0. The van der Waals surface area contributed by atoms with Gasteiger partial charge in [0.25, 0.3) is 0 Å². The fourth-order valence-corrected chi connectivity index (χ4v) is 4.83. The number of alkyl halides is 3. The summed E-state index contributed by atoms with van der Waals surface area (Å²) in [6.07, 6.45) is 3.19. The molecule has 190 valence electrons. The van der Waals surface area contributed by atoms with Crippen molar-refractivity contribution in [1.82, 2.24) is 14.9 Å². The molecule has 0 spiro atoms. The molecule has 2 fully saturated rings. The summed E-state index contributed by atoms with van der Waals surface area (Å²) in [6, 6.07) is 6.36. The maximum atomic E-state index is 12.7. The molecule has 2 N–H and O–H groups in total. The van der Waals surface area contributed by atoms with Gasteiger partial charge in [0.2, 0.25) is 11.8 Å². The van der Waals surface area contributed by atoms with Gasteiger partial charge < -0.3 is 20.3 Å². The number of nitro groups is 1. The maximum Gasteiger partial charge on any atom is 0.573 e. The summed E-state index contributed by atoms with van der Waals surface area (Å²) in [6.45, 7) is 2.88. The van der Waals surface area contributed by atoms with Crippen molar-refractivity contribution in [3.05, 3.63) is 46.1 Å². The van der Waals surface area contributed by atoms with E-state index in [-0.39, 0.29) is 35.3 Å². The molecule has 2 aliphatic rings. The molecule has 1 aliphatic heterocycles. The van der Waals surface area contributed by atoms with Crippen molar-refractivity contribution in [3.63, 3.8) is 0 Å². The van der Waals surface area contributed by atoms with E-state index in [1.54, 1.807) is 6.07 Å². The van der Waals surface area contributed by atoms with Crippen molar-refractivity contribution >= 4 is 17.5 Å². The van der Waals surface area contributed by atoms with Crippen LogP contribution in [0.25, 0.3) is 0 Å². The van der Waals surface area contributed by atoms with Crippen LogP contribution in [0.2, 0.25) is 0 Å². The SMILES string of the molecule is O=[N+]([O-])c1cnc(NCc2ccccc2OC(F)(F)F)nc1NC[C@H]1CC[C@H](N2CCCC2)CC1. The minimum atomic E-state index is -4.81. The highest BCUT2D eigenvalue weighted by atomic mass is 19.4. The Bertz CT molecular complexity index is 1010. The van der Waals surface area contributed by atoms with E-state index in [4.69, 9.17) is 0 Å². The number of hydrogen-bond donors (Lipinski definition) is 2. The number of benzene rings is 1. The topological polar surface area (TPSA) is 105 Å². The summed E-state index contributed by atoms with van der Waals surface area (Å²) in [5.74, 6) is 0.218. The number of ether oxygens (including phenoxy) is 1. The predicted octanol–water partition coefficient (Wildman–Crippen LogP) is 4.96. The van der Waals surface area contributed by atoms with Crippen molar-refractivity contribution in [2.45, 2.75) is 57.5 Å². The van der Waals surface area contributed by atoms with Gasteiger partial charge in [0.1, 0.15) is 11.9 Å². The lowest BCUT2D eigenvalue weighted by Gasteiger charge is -2.34. The number of halogens is 3. The van der Waals surface area contributed by atoms with Gasteiger partial charge >= 0.3 is 12.0 Å². The molecular formula is C23H29F3N6O3. The number of hydrogen-bond acceptors (Lipinski definition) is 8. The Morgan fingerprint density at radius 1 is 1.11 bits per heavy atom. The van der Waals surface area contributed by atoms with Gasteiger partial charge in [0, 0.05) is 24.7 Å². The summed E-state index contributed by atoms with van der Waals surface area (Å²) >= 11 is 0. The largest absolute Gasteiger partial charge is 0.573 e. The molecule has 4 rings (SSSR count). The van der Waals surface area contributed by atoms with Crippen LogP contribution in [0.15, 0.2) is 30.5 Å². The van der Waals surface area contributed by atoms with E-state index in [1.807, 2.05) is 0 Å². The summed E-state index contributed by atoms with van der Waals surface area (Å²) in [5, 5.41) is 17.4. The number of rotatable bonds is 9. The van der Waals surface area contributed by atoms with Gasteiger partial charge in [-0.2, -0.15) is 4.98 Å². The number of anilines is 2. The van der Waals surface area contributed by atoms with Gasteiger partial charge in [-0.3, -0.25) is 10.1 Å². The van der Waals surface area contributed by atoms with Gasteiger partial charge in [-0.25, -0.2) is 4.98 Å². The molecule has 0 radical (unpaired) electrons. The second-order valence-electron chi connectivity index (χ2n) is 8.99. The summed E-state index contributed by atoms with van der Waals surface area (Å²) < 4.78 is 42.0. The van der Waals surface area contributed by atoms with Gasteiger partial charge in [-0.1, -0.05) is 18.2 Å². The van der Waals surface area contributed by atoms with Crippen molar-refractivity contribution in [2.75, 3.05) is 30.3 Å². The van der Waals surface area contributed by atoms with Crippen LogP contribution >= 0.6 is 0 Å². The van der Waals surface area contributed by atoms with Gasteiger partial charge in [-0.05, 0) is 63.6 Å². The van der Waals surface area contributed by atoms with Crippen LogP contribution in [0.3, 0.4) is 0 Å². The molecule has 1 aromatic heterocycles. The van der Waals surface area contributed by atoms with Crippen LogP contribution in [0, 0.1) is 16.0 Å². The van der Waals surface area contributed by atoms with Crippen LogP contribution in [0.1, 0.15) is 44.1 Å². The molecule has 1 aliphatic carbocycles. The van der Waals surface area contributed by atoms with Gasteiger partial charge in [-0.15, -0.1) is 13.2 Å². The molecule has 1 aromatic carbocycles. The Hall–Kier alpha value is -3.15. The molecule has 2 heterocycles. The van der Waals surface area contributed by atoms with E-state index in [0.717, 1.165) is 31.9 Å². The zero-order valence-corrected chi connectivity index (χ0v) is 19.3. The third kappa shape index (κ3) is 6.93. The number of para-hydroxylation sites is 1. The average Bonchev–Trinajstić information content (AvgIpc) is 3.36. The first-order chi connectivity index (χ1) is 16.8. The van der Waals surface area contributed by atoms with Crippen molar-refractivity contribution in [1.29, 1.82) is 0 Å². The Morgan fingerprint density at radius 2 is 1.83 bits per heavy atom. The molecule has 0 bridgehead atoms. The van der Waals surface area contributed by atoms with Crippen molar-refractivity contribution < 1.29 is 22.8 Å². The highest BCUT2D eigenvalue weighted by molar-refractivity contribution is 5.57. The predicted molar refractivity (Wildman–Crippen MR) is 124 cm³/mol. The summed E-state index contributed by atoms with van der Waals surface area (Å²) in [4.78, 5) is 21.7. The second-order valence-corrected chi connectivity index (χ2v) is 8.99. The molecule has 1 saturated heterocycles. The van der Waals surface area contributed by atoms with E-state index in [1.165, 1.54) is 44.1 Å². The molecule has 0 amide bonds. The highest BCUT2D eigenvalue weighted by Gasteiger charge is 2.32. The number of nitrogens with zero attached hydrogens (tertiary/aromatic N) is 4.